The number of hydrogen-bond donors (Lipinski definition) is 2. The molecule has 1 aromatic carbocycles. The molecule has 0 saturated heterocycles. The third kappa shape index (κ3) is 4.17. The highest BCUT2D eigenvalue weighted by molar-refractivity contribution is 7.99. The van der Waals surface area contributed by atoms with Gasteiger partial charge in [-0.3, -0.25) is 9.59 Å². The summed E-state index contributed by atoms with van der Waals surface area (Å²) in [6.07, 6.45) is 0. The largest absolute Gasteiger partial charge is 0.480 e. The van der Waals surface area contributed by atoms with Crippen molar-refractivity contribution < 1.29 is 19.8 Å². The highest BCUT2D eigenvalue weighted by Gasteiger charge is 2.19. The van der Waals surface area contributed by atoms with Gasteiger partial charge >= 0.3 is 11.9 Å². The Morgan fingerprint density at radius 3 is 2.35 bits per heavy atom. The smallest absolute Gasteiger partial charge is 0.323 e. The average molecular weight is 294 g/mol. The Morgan fingerprint density at radius 1 is 1.30 bits per heavy atom. The number of thioether (sulfide) groups is 1. The summed E-state index contributed by atoms with van der Waals surface area (Å²) in [4.78, 5) is 23.6. The van der Waals surface area contributed by atoms with E-state index >= 15 is 0 Å². The monoisotopic (exact) mass is 294 g/mol. The number of nitriles is 1. The lowest BCUT2D eigenvalue weighted by molar-refractivity contribution is -0.136. The van der Waals surface area contributed by atoms with Crippen LogP contribution in [0, 0.1) is 11.3 Å². The minimum Gasteiger partial charge on any atom is -0.480 e. The van der Waals surface area contributed by atoms with Crippen molar-refractivity contribution in [3.8, 4) is 6.07 Å². The Hall–Kier alpha value is -2.20. The molecule has 6 nitrogen and oxygen atoms in total. The molecule has 0 unspecified atom stereocenters. The Balaban J connectivity index is 3.24. The topological polar surface area (TPSA) is 102 Å². The minimum absolute atomic E-state index is 0.307. The summed E-state index contributed by atoms with van der Waals surface area (Å²) in [5.41, 5.74) is 0.637. The number of carboxylic acids is 2. The van der Waals surface area contributed by atoms with Gasteiger partial charge in [-0.15, -0.1) is 11.8 Å². The zero-order valence-electron chi connectivity index (χ0n) is 10.9. The first-order chi connectivity index (χ1) is 9.49. The van der Waals surface area contributed by atoms with Crippen molar-refractivity contribution in [3.05, 3.63) is 23.8 Å². The number of nitrogens with zero attached hydrogens (tertiary/aromatic N) is 2. The van der Waals surface area contributed by atoms with Crippen LogP contribution in [0.3, 0.4) is 0 Å². The minimum atomic E-state index is -1.15. The fraction of sp³-hybridized carbons (Fsp3) is 0.308. The molecular formula is C13H14N2O4S. The van der Waals surface area contributed by atoms with Gasteiger partial charge in [0.1, 0.15) is 19.2 Å². The van der Waals surface area contributed by atoms with Crippen LogP contribution < -0.4 is 4.90 Å². The Morgan fingerprint density at radius 2 is 1.90 bits per heavy atom. The number of anilines is 1. The summed E-state index contributed by atoms with van der Waals surface area (Å²) in [6, 6.07) is 7.03. The van der Waals surface area contributed by atoms with Crippen LogP contribution in [0.15, 0.2) is 23.1 Å². The lowest BCUT2D eigenvalue weighted by Crippen LogP contribution is -2.35. The van der Waals surface area contributed by atoms with Gasteiger partial charge in [0, 0.05) is 4.90 Å². The second kappa shape index (κ2) is 7.40. The van der Waals surface area contributed by atoms with Gasteiger partial charge in [-0.1, -0.05) is 13.0 Å². The van der Waals surface area contributed by atoms with Gasteiger partial charge < -0.3 is 15.1 Å². The van der Waals surface area contributed by atoms with E-state index in [2.05, 4.69) is 0 Å². The number of hydrogen-bond acceptors (Lipinski definition) is 5. The molecule has 7 heteroatoms. The zero-order chi connectivity index (χ0) is 15.1. The number of carboxylic acid groups (broad SMARTS) is 2. The van der Waals surface area contributed by atoms with Crippen molar-refractivity contribution in [2.75, 3.05) is 23.7 Å². The molecule has 0 aliphatic carbocycles. The van der Waals surface area contributed by atoms with E-state index in [4.69, 9.17) is 10.2 Å². The van der Waals surface area contributed by atoms with Crippen LogP contribution in [0.25, 0.3) is 0 Å². The van der Waals surface area contributed by atoms with Gasteiger partial charge in [0.2, 0.25) is 0 Å². The summed E-state index contributed by atoms with van der Waals surface area (Å²) in [6.45, 7) is 0.993. The van der Waals surface area contributed by atoms with E-state index in [1.165, 1.54) is 16.7 Å². The van der Waals surface area contributed by atoms with Crippen LogP contribution in [0.2, 0.25) is 0 Å². The molecule has 0 atom stereocenters. The van der Waals surface area contributed by atoms with E-state index in [9.17, 15) is 14.9 Å². The third-order valence-electron chi connectivity index (χ3n) is 2.41. The lowest BCUT2D eigenvalue weighted by Gasteiger charge is -2.22. The van der Waals surface area contributed by atoms with Crippen molar-refractivity contribution in [3.63, 3.8) is 0 Å². The van der Waals surface area contributed by atoms with Gasteiger partial charge in [0.05, 0.1) is 11.3 Å². The summed E-state index contributed by atoms with van der Waals surface area (Å²) < 4.78 is 0. The SMILES string of the molecule is CCSc1cccc(N(CC(=O)O)CC(=O)O)c1C#N. The standard InChI is InChI=1S/C13H14N2O4S/c1-2-20-11-5-3-4-10(9(11)6-14)15(7-12(16)17)8-13(18)19/h3-5H,2,7-8H2,1H3,(H,16,17)(H,18,19). The molecule has 20 heavy (non-hydrogen) atoms. The third-order valence-corrected chi connectivity index (χ3v) is 3.35. The molecule has 0 aliphatic rings. The first-order valence-corrected chi connectivity index (χ1v) is 6.82. The average Bonchev–Trinajstić information content (AvgIpc) is 2.37. The zero-order valence-corrected chi connectivity index (χ0v) is 11.7. The second-order valence-corrected chi connectivity index (χ2v) is 5.14. The number of benzene rings is 1. The summed E-state index contributed by atoms with van der Waals surface area (Å²) in [5.74, 6) is -1.54. The number of rotatable bonds is 7. The summed E-state index contributed by atoms with van der Waals surface area (Å²) >= 11 is 1.45. The quantitative estimate of drug-likeness (QED) is 0.737. The maximum Gasteiger partial charge on any atom is 0.323 e. The molecule has 0 saturated carbocycles. The fourth-order valence-electron chi connectivity index (χ4n) is 1.72. The van der Waals surface area contributed by atoms with Crippen molar-refractivity contribution in [1.29, 1.82) is 5.26 Å². The first-order valence-electron chi connectivity index (χ1n) is 5.84. The summed E-state index contributed by atoms with van der Waals surface area (Å²) in [5, 5.41) is 27.0. The van der Waals surface area contributed by atoms with Gasteiger partial charge in [0.25, 0.3) is 0 Å². The molecule has 0 spiro atoms. The van der Waals surface area contributed by atoms with Crippen LogP contribution in [0.5, 0.6) is 0 Å². The molecule has 0 fully saturated rings. The Bertz CT molecular complexity index is 538. The molecule has 2 N–H and O–H groups in total. The molecule has 0 bridgehead atoms. The molecule has 0 aromatic heterocycles. The van der Waals surface area contributed by atoms with Gasteiger partial charge in [-0.25, -0.2) is 0 Å². The van der Waals surface area contributed by atoms with E-state index in [0.717, 1.165) is 5.75 Å². The predicted octanol–water partition coefficient (Wildman–Crippen LogP) is 1.65. The maximum atomic E-state index is 10.9. The molecule has 0 heterocycles. The van der Waals surface area contributed by atoms with E-state index in [1.54, 1.807) is 18.2 Å². The van der Waals surface area contributed by atoms with Crippen LogP contribution in [-0.2, 0) is 9.59 Å². The molecular weight excluding hydrogens is 280 g/mol. The molecule has 0 aliphatic heterocycles. The molecule has 106 valence electrons. The lowest BCUT2D eigenvalue weighted by atomic mass is 10.1. The Kier molecular flexibility index (Phi) is 5.87. The van der Waals surface area contributed by atoms with Crippen LogP contribution in [0.4, 0.5) is 5.69 Å². The van der Waals surface area contributed by atoms with E-state index < -0.39 is 25.0 Å². The fourth-order valence-corrected chi connectivity index (χ4v) is 2.50. The second-order valence-electron chi connectivity index (χ2n) is 3.84. The van der Waals surface area contributed by atoms with E-state index in [1.807, 2.05) is 13.0 Å². The molecule has 1 aromatic rings. The molecule has 1 rings (SSSR count). The number of aliphatic carboxylic acids is 2. The van der Waals surface area contributed by atoms with E-state index in [-0.39, 0.29) is 0 Å². The molecule has 0 radical (unpaired) electrons. The van der Waals surface area contributed by atoms with Crippen molar-refractivity contribution in [2.45, 2.75) is 11.8 Å². The van der Waals surface area contributed by atoms with Gasteiger partial charge in [-0.05, 0) is 17.9 Å². The highest BCUT2D eigenvalue weighted by Crippen LogP contribution is 2.30. The molecule has 0 amide bonds. The van der Waals surface area contributed by atoms with Crippen molar-refractivity contribution in [1.82, 2.24) is 0 Å². The van der Waals surface area contributed by atoms with Gasteiger partial charge in [0.15, 0.2) is 0 Å². The summed E-state index contributed by atoms with van der Waals surface area (Å²) in [7, 11) is 0. The van der Waals surface area contributed by atoms with Crippen molar-refractivity contribution >= 4 is 29.4 Å². The predicted molar refractivity (Wildman–Crippen MR) is 75.0 cm³/mol. The van der Waals surface area contributed by atoms with Gasteiger partial charge in [-0.2, -0.15) is 5.26 Å². The highest BCUT2D eigenvalue weighted by atomic mass is 32.2. The van der Waals surface area contributed by atoms with Crippen LogP contribution in [-0.4, -0.2) is 41.0 Å². The Labute approximate surface area is 120 Å². The normalized spacial score (nSPS) is 9.80. The van der Waals surface area contributed by atoms with Crippen molar-refractivity contribution in [2.24, 2.45) is 0 Å². The van der Waals surface area contributed by atoms with E-state index in [0.29, 0.717) is 16.1 Å². The first kappa shape index (κ1) is 15.9. The van der Waals surface area contributed by atoms with Crippen LogP contribution >= 0.6 is 11.8 Å². The maximum absolute atomic E-state index is 10.9. The van der Waals surface area contributed by atoms with Crippen LogP contribution in [0.1, 0.15) is 12.5 Å². The number of carbonyl (C=O) groups is 2.